The number of halogens is 2. The molecule has 0 spiro atoms. The number of hydrogen-bond acceptors (Lipinski definition) is 3. The number of aromatic carboxylic acids is 1. The summed E-state index contributed by atoms with van der Waals surface area (Å²) < 4.78 is 2.35. The molecule has 1 heterocycles. The van der Waals surface area contributed by atoms with Crippen molar-refractivity contribution >= 4 is 39.2 Å². The van der Waals surface area contributed by atoms with E-state index in [1.54, 1.807) is 13.1 Å². The van der Waals surface area contributed by atoms with Gasteiger partial charge >= 0.3 is 5.97 Å². The third-order valence-electron chi connectivity index (χ3n) is 2.67. The highest BCUT2D eigenvalue weighted by Gasteiger charge is 2.14. The van der Waals surface area contributed by atoms with Gasteiger partial charge in [-0.2, -0.15) is 5.10 Å². The van der Waals surface area contributed by atoms with Gasteiger partial charge in [0.25, 0.3) is 0 Å². The van der Waals surface area contributed by atoms with E-state index >= 15 is 0 Å². The fraction of sp³-hybridized carbons (Fsp3) is 0.167. The number of carboxylic acids is 1. The molecular weight excluding hydrogens is 334 g/mol. The molecule has 2 rings (SSSR count). The molecule has 0 unspecified atom stereocenters. The second-order valence-corrected chi connectivity index (χ2v) is 5.18. The minimum atomic E-state index is -0.987. The van der Waals surface area contributed by atoms with E-state index in [0.717, 1.165) is 10.2 Å². The van der Waals surface area contributed by atoms with Gasteiger partial charge in [-0.25, -0.2) is 4.79 Å². The first-order valence-electron chi connectivity index (χ1n) is 5.42. The summed E-state index contributed by atoms with van der Waals surface area (Å²) in [6, 6.07) is 5.45. The number of carbonyl (C=O) groups is 1. The van der Waals surface area contributed by atoms with Gasteiger partial charge in [0.15, 0.2) is 0 Å². The molecule has 0 aliphatic carbocycles. The molecule has 0 saturated carbocycles. The summed E-state index contributed by atoms with van der Waals surface area (Å²) in [4.78, 5) is 11.0. The van der Waals surface area contributed by atoms with Crippen LogP contribution in [0.3, 0.4) is 0 Å². The van der Waals surface area contributed by atoms with E-state index in [0.29, 0.717) is 17.3 Å². The number of carboxylic acid groups (broad SMARTS) is 1. The maximum Gasteiger partial charge on any atom is 0.339 e. The second-order valence-electron chi connectivity index (χ2n) is 3.92. The smallest absolute Gasteiger partial charge is 0.339 e. The average Bonchev–Trinajstić information content (AvgIpc) is 2.72. The van der Waals surface area contributed by atoms with Crippen molar-refractivity contribution in [3.8, 4) is 0 Å². The van der Waals surface area contributed by atoms with E-state index in [4.69, 9.17) is 16.7 Å². The van der Waals surface area contributed by atoms with Crippen molar-refractivity contribution in [3.05, 3.63) is 45.1 Å². The Kier molecular flexibility index (Phi) is 4.11. The van der Waals surface area contributed by atoms with Crippen molar-refractivity contribution in [3.63, 3.8) is 0 Å². The van der Waals surface area contributed by atoms with Crippen molar-refractivity contribution in [2.24, 2.45) is 7.05 Å². The lowest BCUT2D eigenvalue weighted by molar-refractivity contribution is 0.0695. The maximum atomic E-state index is 11.0. The van der Waals surface area contributed by atoms with Crippen LogP contribution in [0.25, 0.3) is 0 Å². The van der Waals surface area contributed by atoms with E-state index < -0.39 is 5.97 Å². The first kappa shape index (κ1) is 13.9. The Morgan fingerprint density at radius 1 is 1.58 bits per heavy atom. The highest BCUT2D eigenvalue weighted by molar-refractivity contribution is 9.10. The quantitative estimate of drug-likeness (QED) is 0.894. The molecule has 1 aromatic carbocycles. The zero-order valence-corrected chi connectivity index (χ0v) is 12.4. The van der Waals surface area contributed by atoms with Gasteiger partial charge in [0, 0.05) is 17.2 Å². The first-order chi connectivity index (χ1) is 8.99. The number of aryl methyl sites for hydroxylation is 1. The number of benzene rings is 1. The second kappa shape index (κ2) is 5.63. The number of nitrogens with one attached hydrogen (secondary N) is 1. The fourth-order valence-electron chi connectivity index (χ4n) is 1.64. The highest BCUT2D eigenvalue weighted by Crippen LogP contribution is 2.25. The van der Waals surface area contributed by atoms with E-state index in [2.05, 4.69) is 26.3 Å². The van der Waals surface area contributed by atoms with Gasteiger partial charge in [0.1, 0.15) is 5.56 Å². The Bertz CT molecular complexity index is 627. The Morgan fingerprint density at radius 3 is 2.95 bits per heavy atom. The Hall–Kier alpha value is -1.53. The van der Waals surface area contributed by atoms with Gasteiger partial charge in [0.05, 0.1) is 23.5 Å². The largest absolute Gasteiger partial charge is 0.478 e. The molecule has 1 aromatic heterocycles. The zero-order valence-electron chi connectivity index (χ0n) is 10.0. The van der Waals surface area contributed by atoms with E-state index in [1.807, 2.05) is 12.1 Å². The lowest BCUT2D eigenvalue weighted by atomic mass is 10.2. The summed E-state index contributed by atoms with van der Waals surface area (Å²) in [6.45, 7) is 0.357. The topological polar surface area (TPSA) is 67.2 Å². The van der Waals surface area contributed by atoms with Crippen LogP contribution in [0.15, 0.2) is 28.9 Å². The van der Waals surface area contributed by atoms with E-state index in [9.17, 15) is 4.79 Å². The van der Waals surface area contributed by atoms with Crippen LogP contribution >= 0.6 is 27.5 Å². The molecule has 0 aliphatic rings. The summed E-state index contributed by atoms with van der Waals surface area (Å²) in [5.41, 5.74) is 1.61. The molecular formula is C12H11BrClN3O2. The van der Waals surface area contributed by atoms with Crippen molar-refractivity contribution in [2.75, 3.05) is 5.32 Å². The molecule has 0 atom stereocenters. The minimum absolute atomic E-state index is 0.193. The molecule has 0 aliphatic heterocycles. The van der Waals surface area contributed by atoms with Crippen LogP contribution in [-0.2, 0) is 13.6 Å². The lowest BCUT2D eigenvalue weighted by Crippen LogP contribution is -2.10. The van der Waals surface area contributed by atoms with Crippen molar-refractivity contribution in [1.82, 2.24) is 9.78 Å². The van der Waals surface area contributed by atoms with Gasteiger partial charge in [-0.1, -0.05) is 11.6 Å². The molecule has 7 heteroatoms. The zero-order chi connectivity index (χ0) is 14.0. The molecule has 2 N–H and O–H groups in total. The molecule has 0 radical (unpaired) electrons. The van der Waals surface area contributed by atoms with Crippen LogP contribution in [0.2, 0.25) is 5.02 Å². The SMILES string of the molecule is Cn1ncc(C(=O)O)c1CNc1ccc(Br)c(Cl)c1. The average molecular weight is 345 g/mol. The molecule has 0 saturated heterocycles. The molecule has 2 aromatic rings. The Morgan fingerprint density at radius 2 is 2.32 bits per heavy atom. The number of rotatable bonds is 4. The van der Waals surface area contributed by atoms with Gasteiger partial charge in [-0.3, -0.25) is 4.68 Å². The standard InChI is InChI=1S/C12H11BrClN3O2/c1-17-11(8(5-16-17)12(18)19)6-15-7-2-3-9(13)10(14)4-7/h2-5,15H,6H2,1H3,(H,18,19). The third-order valence-corrected chi connectivity index (χ3v) is 3.90. The molecule has 19 heavy (non-hydrogen) atoms. The van der Waals surface area contributed by atoms with Gasteiger partial charge in [0.2, 0.25) is 0 Å². The van der Waals surface area contributed by atoms with Crippen molar-refractivity contribution in [2.45, 2.75) is 6.54 Å². The molecule has 0 bridgehead atoms. The molecule has 0 fully saturated rings. The van der Waals surface area contributed by atoms with Crippen LogP contribution in [-0.4, -0.2) is 20.9 Å². The summed E-state index contributed by atoms with van der Waals surface area (Å²) in [6.07, 6.45) is 1.34. The predicted molar refractivity (Wildman–Crippen MR) is 76.6 cm³/mol. The molecule has 0 amide bonds. The molecule has 5 nitrogen and oxygen atoms in total. The lowest BCUT2D eigenvalue weighted by Gasteiger charge is -2.09. The summed E-state index contributed by atoms with van der Waals surface area (Å²) in [7, 11) is 1.71. The van der Waals surface area contributed by atoms with Crippen molar-refractivity contribution in [1.29, 1.82) is 0 Å². The number of hydrogen-bond donors (Lipinski definition) is 2. The Balaban J connectivity index is 2.16. The van der Waals surface area contributed by atoms with Gasteiger partial charge < -0.3 is 10.4 Å². The maximum absolute atomic E-state index is 11.0. The first-order valence-corrected chi connectivity index (χ1v) is 6.59. The predicted octanol–water partition coefficient (Wildman–Crippen LogP) is 3.15. The van der Waals surface area contributed by atoms with Crippen molar-refractivity contribution < 1.29 is 9.90 Å². The summed E-state index contributed by atoms with van der Waals surface area (Å²) in [5, 5.41) is 16.7. The highest BCUT2D eigenvalue weighted by atomic mass is 79.9. The number of aromatic nitrogens is 2. The summed E-state index contributed by atoms with van der Waals surface area (Å²) >= 11 is 9.30. The Labute approximate surface area is 123 Å². The number of anilines is 1. The normalized spacial score (nSPS) is 10.5. The third kappa shape index (κ3) is 3.08. The summed E-state index contributed by atoms with van der Waals surface area (Å²) in [5.74, 6) is -0.987. The van der Waals surface area contributed by atoms with E-state index in [-0.39, 0.29) is 5.56 Å². The fourth-order valence-corrected chi connectivity index (χ4v) is 2.07. The van der Waals surface area contributed by atoms with Crippen LogP contribution < -0.4 is 5.32 Å². The minimum Gasteiger partial charge on any atom is -0.478 e. The van der Waals surface area contributed by atoms with Crippen LogP contribution in [0.1, 0.15) is 16.1 Å². The van der Waals surface area contributed by atoms with Crippen LogP contribution in [0.5, 0.6) is 0 Å². The number of nitrogens with zero attached hydrogens (tertiary/aromatic N) is 2. The van der Waals surface area contributed by atoms with E-state index in [1.165, 1.54) is 10.9 Å². The van der Waals surface area contributed by atoms with Crippen LogP contribution in [0.4, 0.5) is 5.69 Å². The van der Waals surface area contributed by atoms with Crippen LogP contribution in [0, 0.1) is 0 Å². The molecule has 100 valence electrons. The van der Waals surface area contributed by atoms with Gasteiger partial charge in [-0.15, -0.1) is 0 Å². The monoisotopic (exact) mass is 343 g/mol. The van der Waals surface area contributed by atoms with Gasteiger partial charge in [-0.05, 0) is 34.1 Å².